The minimum absolute atomic E-state index is 0.0671. The quantitative estimate of drug-likeness (QED) is 0.158. The van der Waals surface area contributed by atoms with E-state index in [4.69, 9.17) is 0 Å². The molecule has 5 rings (SSSR count). The molecule has 1 aliphatic carbocycles. The summed E-state index contributed by atoms with van der Waals surface area (Å²) in [5.74, 6) is 0. The standard InChI is InChI=1S/C32H12F6N4/c33-31(34,35)22-5-1-17(2-6-22)24-11-26-27-12-25(18-3-7-23(8-4-18)32(36,37)38)20(14-40)10-29(27)30(21(15-41)16-42)28(26)9-19(24)13-39/h1-12H. The summed E-state index contributed by atoms with van der Waals surface area (Å²) in [6, 6.07) is 22.1. The number of rotatable bonds is 2. The van der Waals surface area contributed by atoms with Gasteiger partial charge in [0.1, 0.15) is 17.7 Å². The molecule has 0 saturated heterocycles. The Balaban J connectivity index is 1.78. The summed E-state index contributed by atoms with van der Waals surface area (Å²) in [5.41, 5.74) is 0.923. The van der Waals surface area contributed by atoms with Crippen LogP contribution in [0.15, 0.2) is 78.4 Å². The first-order valence-electron chi connectivity index (χ1n) is 12.0. The zero-order valence-electron chi connectivity index (χ0n) is 21.0. The van der Waals surface area contributed by atoms with E-state index in [-0.39, 0.29) is 33.4 Å². The van der Waals surface area contributed by atoms with Crippen LogP contribution in [-0.2, 0) is 12.4 Å². The van der Waals surface area contributed by atoms with Crippen LogP contribution in [0.5, 0.6) is 0 Å². The average Bonchev–Trinajstić information content (AvgIpc) is 3.28. The number of hydrogen-bond donors (Lipinski definition) is 0. The molecule has 4 aromatic rings. The molecule has 0 unspecified atom stereocenters. The number of halogens is 6. The molecule has 4 aromatic carbocycles. The lowest BCUT2D eigenvalue weighted by Gasteiger charge is -2.12. The Morgan fingerprint density at radius 2 is 0.833 bits per heavy atom. The zero-order chi connectivity index (χ0) is 30.4. The number of benzene rings is 4. The average molecular weight is 566 g/mol. The fourth-order valence-corrected chi connectivity index (χ4v) is 4.95. The number of hydrogen-bond acceptors (Lipinski definition) is 4. The largest absolute Gasteiger partial charge is 0.416 e. The first kappa shape index (κ1) is 27.7. The fraction of sp³-hybridized carbons (Fsp3) is 0.0625. The van der Waals surface area contributed by atoms with Crippen LogP contribution in [-0.4, -0.2) is 0 Å². The Hall–Kier alpha value is -5.84. The first-order valence-corrected chi connectivity index (χ1v) is 12.0. The topological polar surface area (TPSA) is 95.2 Å². The van der Waals surface area contributed by atoms with Crippen LogP contribution < -0.4 is 0 Å². The molecule has 0 N–H and O–H groups in total. The van der Waals surface area contributed by atoms with Gasteiger partial charge in [-0.05, 0) is 81.9 Å². The van der Waals surface area contributed by atoms with Crippen LogP contribution in [0.3, 0.4) is 0 Å². The molecule has 0 amide bonds. The first-order chi connectivity index (χ1) is 19.9. The molecular weight excluding hydrogens is 554 g/mol. The SMILES string of the molecule is N#CC(C#N)=C1c2cc(C#N)c(-c3ccc(C(F)(F)F)cc3)cc2-c2cc(-c3ccc(C(F)(F)F)cc3)c(C#N)cc21. The van der Waals surface area contributed by atoms with Gasteiger partial charge in [-0.3, -0.25) is 0 Å². The summed E-state index contributed by atoms with van der Waals surface area (Å²) >= 11 is 0. The van der Waals surface area contributed by atoms with Gasteiger partial charge in [0.2, 0.25) is 0 Å². The lowest BCUT2D eigenvalue weighted by atomic mass is 9.91. The molecule has 0 radical (unpaired) electrons. The zero-order valence-corrected chi connectivity index (χ0v) is 21.0. The van der Waals surface area contributed by atoms with Gasteiger partial charge in [-0.25, -0.2) is 0 Å². The van der Waals surface area contributed by atoms with Crippen molar-refractivity contribution in [2.75, 3.05) is 0 Å². The van der Waals surface area contributed by atoms with Crippen molar-refractivity contribution in [3.8, 4) is 57.7 Å². The Bertz CT molecular complexity index is 1830. The van der Waals surface area contributed by atoms with E-state index in [1.807, 2.05) is 24.3 Å². The lowest BCUT2D eigenvalue weighted by molar-refractivity contribution is -0.138. The van der Waals surface area contributed by atoms with Crippen LogP contribution in [0.25, 0.3) is 39.0 Å². The molecule has 4 nitrogen and oxygen atoms in total. The van der Waals surface area contributed by atoms with Gasteiger partial charge in [0.15, 0.2) is 0 Å². The third kappa shape index (κ3) is 4.62. The molecule has 0 atom stereocenters. The third-order valence-electron chi connectivity index (χ3n) is 6.91. The second-order valence-electron chi connectivity index (χ2n) is 9.23. The minimum atomic E-state index is -4.56. The molecule has 0 heterocycles. The van der Waals surface area contributed by atoms with E-state index in [1.165, 1.54) is 36.4 Å². The highest BCUT2D eigenvalue weighted by atomic mass is 19.4. The Labute approximate surface area is 234 Å². The molecule has 0 saturated carbocycles. The highest BCUT2D eigenvalue weighted by Crippen LogP contribution is 2.50. The fourth-order valence-electron chi connectivity index (χ4n) is 4.95. The van der Waals surface area contributed by atoms with Crippen molar-refractivity contribution in [3.05, 3.63) is 112 Å². The summed E-state index contributed by atoms with van der Waals surface area (Å²) in [6.45, 7) is 0. The van der Waals surface area contributed by atoms with E-state index in [9.17, 15) is 47.4 Å². The second-order valence-corrected chi connectivity index (χ2v) is 9.23. The molecule has 0 spiro atoms. The minimum Gasteiger partial charge on any atom is -0.192 e. The highest BCUT2D eigenvalue weighted by Gasteiger charge is 2.33. The number of allylic oxidation sites excluding steroid dienone is 1. The summed E-state index contributed by atoms with van der Waals surface area (Å²) < 4.78 is 78.8. The summed E-state index contributed by atoms with van der Waals surface area (Å²) in [5, 5.41) is 39.2. The van der Waals surface area contributed by atoms with Crippen molar-refractivity contribution in [1.29, 1.82) is 21.0 Å². The third-order valence-corrected chi connectivity index (χ3v) is 6.91. The molecule has 202 valence electrons. The number of nitrogens with zero attached hydrogens (tertiary/aromatic N) is 4. The molecule has 0 fully saturated rings. The number of alkyl halides is 6. The predicted molar refractivity (Wildman–Crippen MR) is 139 cm³/mol. The van der Waals surface area contributed by atoms with Crippen molar-refractivity contribution in [1.82, 2.24) is 0 Å². The molecule has 0 bridgehead atoms. The van der Waals surface area contributed by atoms with Gasteiger partial charge in [-0.2, -0.15) is 47.4 Å². The van der Waals surface area contributed by atoms with E-state index in [2.05, 4.69) is 0 Å². The van der Waals surface area contributed by atoms with Gasteiger partial charge in [0, 0.05) is 16.7 Å². The second kappa shape index (κ2) is 9.97. The van der Waals surface area contributed by atoms with Gasteiger partial charge in [0.25, 0.3) is 0 Å². The van der Waals surface area contributed by atoms with Gasteiger partial charge in [-0.15, -0.1) is 0 Å². The number of fused-ring (bicyclic) bond motifs is 3. The Kier molecular flexibility index (Phi) is 6.58. The molecule has 0 aliphatic heterocycles. The molecule has 0 aromatic heterocycles. The maximum absolute atomic E-state index is 13.1. The molecule has 10 heteroatoms. The maximum atomic E-state index is 13.1. The maximum Gasteiger partial charge on any atom is 0.416 e. The van der Waals surface area contributed by atoms with E-state index in [0.29, 0.717) is 33.4 Å². The number of nitriles is 4. The summed E-state index contributed by atoms with van der Waals surface area (Å²) in [4.78, 5) is 0. The Morgan fingerprint density at radius 3 is 1.12 bits per heavy atom. The van der Waals surface area contributed by atoms with Crippen molar-refractivity contribution in [3.63, 3.8) is 0 Å². The molecular formula is C32H12F6N4. The van der Waals surface area contributed by atoms with E-state index in [0.717, 1.165) is 24.3 Å². The van der Waals surface area contributed by atoms with Crippen molar-refractivity contribution < 1.29 is 26.3 Å². The lowest BCUT2D eigenvalue weighted by Crippen LogP contribution is -2.04. The van der Waals surface area contributed by atoms with E-state index < -0.39 is 23.5 Å². The highest BCUT2D eigenvalue weighted by molar-refractivity contribution is 6.07. The molecule has 42 heavy (non-hydrogen) atoms. The van der Waals surface area contributed by atoms with Crippen molar-refractivity contribution in [2.45, 2.75) is 12.4 Å². The van der Waals surface area contributed by atoms with Gasteiger partial charge in [0.05, 0.1) is 34.4 Å². The Morgan fingerprint density at radius 1 is 0.476 bits per heavy atom. The van der Waals surface area contributed by atoms with Crippen LogP contribution in [0.1, 0.15) is 33.4 Å². The predicted octanol–water partition coefficient (Wildman–Crippen LogP) is 8.63. The van der Waals surface area contributed by atoms with Gasteiger partial charge < -0.3 is 0 Å². The van der Waals surface area contributed by atoms with E-state index >= 15 is 0 Å². The summed E-state index contributed by atoms with van der Waals surface area (Å²) in [7, 11) is 0. The van der Waals surface area contributed by atoms with Crippen molar-refractivity contribution >= 4 is 5.57 Å². The van der Waals surface area contributed by atoms with Crippen LogP contribution >= 0.6 is 0 Å². The van der Waals surface area contributed by atoms with Gasteiger partial charge >= 0.3 is 12.4 Å². The smallest absolute Gasteiger partial charge is 0.192 e. The van der Waals surface area contributed by atoms with Crippen LogP contribution in [0, 0.1) is 45.3 Å². The summed E-state index contributed by atoms with van der Waals surface area (Å²) in [6.07, 6.45) is -9.13. The van der Waals surface area contributed by atoms with Crippen molar-refractivity contribution in [2.24, 2.45) is 0 Å². The van der Waals surface area contributed by atoms with E-state index in [1.54, 1.807) is 12.1 Å². The van der Waals surface area contributed by atoms with Crippen LogP contribution in [0.2, 0.25) is 0 Å². The van der Waals surface area contributed by atoms with Crippen LogP contribution in [0.4, 0.5) is 26.3 Å². The molecule has 1 aliphatic rings. The monoisotopic (exact) mass is 566 g/mol. The van der Waals surface area contributed by atoms with Gasteiger partial charge in [-0.1, -0.05) is 24.3 Å². The normalized spacial score (nSPS) is 11.9.